The van der Waals surface area contributed by atoms with Crippen molar-refractivity contribution in [3.8, 4) is 11.1 Å². The van der Waals surface area contributed by atoms with E-state index in [1.54, 1.807) is 30.3 Å². The minimum absolute atomic E-state index is 0.109. The number of aromatic nitrogens is 1. The van der Waals surface area contributed by atoms with Crippen molar-refractivity contribution in [1.82, 2.24) is 10.3 Å². The van der Waals surface area contributed by atoms with Crippen LogP contribution in [0.15, 0.2) is 91.1 Å². The molecule has 4 N–H and O–H groups in total. The molecule has 1 heterocycles. The number of rotatable bonds is 8. The third-order valence-corrected chi connectivity index (χ3v) is 6.04. The van der Waals surface area contributed by atoms with Gasteiger partial charge in [0.25, 0.3) is 5.91 Å². The number of carbonyl (C=O) groups excluding carboxylic acids is 2. The van der Waals surface area contributed by atoms with Crippen LogP contribution in [0.3, 0.4) is 0 Å². The van der Waals surface area contributed by atoms with E-state index in [0.29, 0.717) is 16.4 Å². The van der Waals surface area contributed by atoms with E-state index < -0.39 is 23.9 Å². The van der Waals surface area contributed by atoms with Gasteiger partial charge in [-0.05, 0) is 53.9 Å². The lowest BCUT2D eigenvalue weighted by atomic mass is 10.1. The summed E-state index contributed by atoms with van der Waals surface area (Å²) in [6.07, 6.45) is 1.70. The number of carboxylic acids is 1. The van der Waals surface area contributed by atoms with Gasteiger partial charge < -0.3 is 21.1 Å². The number of hydrogen-bond acceptors (Lipinski definition) is 4. The second-order valence-electron chi connectivity index (χ2n) is 8.63. The summed E-state index contributed by atoms with van der Waals surface area (Å²) < 4.78 is 0. The molecular weight excluding hydrogens is 504 g/mol. The van der Waals surface area contributed by atoms with Crippen molar-refractivity contribution in [2.24, 2.45) is 0 Å². The molecule has 3 amide bonds. The zero-order chi connectivity index (χ0) is 27.1. The van der Waals surface area contributed by atoms with E-state index in [4.69, 9.17) is 11.6 Å². The molecule has 3 aromatic carbocycles. The fourth-order valence-corrected chi connectivity index (χ4v) is 4.02. The molecule has 0 fully saturated rings. The Balaban J connectivity index is 1.36. The van der Waals surface area contributed by atoms with Crippen molar-refractivity contribution in [2.75, 3.05) is 10.6 Å². The molecular formula is C29H25ClN4O4. The molecule has 8 nitrogen and oxygen atoms in total. The summed E-state index contributed by atoms with van der Waals surface area (Å²) >= 11 is 6.17. The number of amides is 3. The van der Waals surface area contributed by atoms with Crippen molar-refractivity contribution in [3.05, 3.63) is 113 Å². The molecule has 1 atom stereocenters. The number of hydrogen-bond donors (Lipinski definition) is 4. The monoisotopic (exact) mass is 528 g/mol. The van der Waals surface area contributed by atoms with Crippen LogP contribution in [-0.4, -0.2) is 34.0 Å². The fraction of sp³-hybridized carbons (Fsp3) is 0.103. The lowest BCUT2D eigenvalue weighted by Crippen LogP contribution is -2.42. The Morgan fingerprint density at radius 1 is 0.895 bits per heavy atom. The largest absolute Gasteiger partial charge is 0.480 e. The Morgan fingerprint density at radius 3 is 2.24 bits per heavy atom. The summed E-state index contributed by atoms with van der Waals surface area (Å²) in [7, 11) is 0. The average molecular weight is 529 g/mol. The van der Waals surface area contributed by atoms with E-state index in [-0.39, 0.29) is 12.1 Å². The maximum absolute atomic E-state index is 12.6. The van der Waals surface area contributed by atoms with Gasteiger partial charge in [-0.1, -0.05) is 66.2 Å². The number of nitrogens with one attached hydrogen (secondary N) is 3. The van der Waals surface area contributed by atoms with Gasteiger partial charge in [0.1, 0.15) is 11.7 Å². The van der Waals surface area contributed by atoms with Gasteiger partial charge in [0.05, 0.1) is 10.7 Å². The van der Waals surface area contributed by atoms with Gasteiger partial charge in [0, 0.05) is 23.9 Å². The van der Waals surface area contributed by atoms with Gasteiger partial charge in [-0.2, -0.15) is 0 Å². The van der Waals surface area contributed by atoms with Crippen LogP contribution in [0.2, 0.25) is 5.02 Å². The molecule has 0 aliphatic rings. The highest BCUT2D eigenvalue weighted by Gasteiger charge is 2.21. The van der Waals surface area contributed by atoms with Crippen molar-refractivity contribution in [2.45, 2.75) is 19.4 Å². The summed E-state index contributed by atoms with van der Waals surface area (Å²) in [5.74, 6) is -1.69. The minimum atomic E-state index is -1.12. The summed E-state index contributed by atoms with van der Waals surface area (Å²) in [5.41, 5.74) is 4.57. The second-order valence-corrected chi connectivity index (χ2v) is 9.03. The van der Waals surface area contributed by atoms with Crippen LogP contribution < -0.4 is 16.0 Å². The Bertz CT molecular complexity index is 1440. The SMILES string of the molecule is Cc1ccc(NC(=O)Nc2ccc(-c3ccc(C(=O)N[C@H](Cc4ccccc4)C(=O)O)nc3)cc2)c(Cl)c1. The Labute approximate surface area is 224 Å². The van der Waals surface area contributed by atoms with Gasteiger partial charge in [-0.25, -0.2) is 9.59 Å². The van der Waals surface area contributed by atoms with Crippen LogP contribution in [0, 0.1) is 6.92 Å². The average Bonchev–Trinajstić information content (AvgIpc) is 2.91. The maximum atomic E-state index is 12.6. The molecule has 4 aromatic rings. The number of anilines is 2. The number of aryl methyl sites for hydroxylation is 1. The number of halogens is 1. The van der Waals surface area contributed by atoms with Gasteiger partial charge in [0.15, 0.2) is 0 Å². The van der Waals surface area contributed by atoms with Crippen LogP contribution in [-0.2, 0) is 11.2 Å². The van der Waals surface area contributed by atoms with Gasteiger partial charge in [0.2, 0.25) is 0 Å². The fourth-order valence-electron chi connectivity index (χ4n) is 3.73. The zero-order valence-electron chi connectivity index (χ0n) is 20.4. The first-order chi connectivity index (χ1) is 18.3. The van der Waals surface area contributed by atoms with Gasteiger partial charge in [-0.15, -0.1) is 0 Å². The normalized spacial score (nSPS) is 11.3. The van der Waals surface area contributed by atoms with Crippen molar-refractivity contribution in [3.63, 3.8) is 0 Å². The smallest absolute Gasteiger partial charge is 0.326 e. The summed E-state index contributed by atoms with van der Waals surface area (Å²) in [6.45, 7) is 1.91. The second kappa shape index (κ2) is 12.0. The number of pyridine rings is 1. The standard InChI is InChI=1S/C29H25ClN4O4/c1-18-7-13-24(23(30)15-18)34-29(38)32-22-11-8-20(9-12-22)21-10-14-25(31-17-21)27(35)33-26(28(36)37)16-19-5-3-2-4-6-19/h2-15,17,26H,16H2,1H3,(H,33,35)(H,36,37)(H2,32,34,38)/t26-/m1/s1. The summed E-state index contributed by atoms with van der Waals surface area (Å²) in [4.78, 5) is 40.8. The number of urea groups is 1. The lowest BCUT2D eigenvalue weighted by molar-refractivity contribution is -0.139. The summed E-state index contributed by atoms with van der Waals surface area (Å²) in [5, 5.41) is 18.0. The molecule has 9 heteroatoms. The Hall–Kier alpha value is -4.69. The molecule has 0 saturated heterocycles. The minimum Gasteiger partial charge on any atom is -0.480 e. The van der Waals surface area contributed by atoms with Crippen molar-refractivity contribution < 1.29 is 19.5 Å². The first-order valence-corrected chi connectivity index (χ1v) is 12.1. The van der Waals surface area contributed by atoms with Crippen LogP contribution in [0.1, 0.15) is 21.6 Å². The van der Waals surface area contributed by atoms with E-state index in [1.165, 1.54) is 12.3 Å². The predicted octanol–water partition coefficient (Wildman–Crippen LogP) is 5.78. The van der Waals surface area contributed by atoms with Crippen LogP contribution in [0.4, 0.5) is 16.2 Å². The van der Waals surface area contributed by atoms with E-state index in [9.17, 15) is 19.5 Å². The Kier molecular flexibility index (Phi) is 8.35. The highest BCUT2D eigenvalue weighted by atomic mass is 35.5. The number of nitrogens with zero attached hydrogens (tertiary/aromatic N) is 1. The molecule has 0 radical (unpaired) electrons. The number of carbonyl (C=O) groups is 3. The lowest BCUT2D eigenvalue weighted by Gasteiger charge is -2.14. The van der Waals surface area contributed by atoms with Crippen LogP contribution in [0.5, 0.6) is 0 Å². The van der Waals surface area contributed by atoms with Crippen LogP contribution >= 0.6 is 11.6 Å². The van der Waals surface area contributed by atoms with Gasteiger partial charge in [-0.3, -0.25) is 9.78 Å². The molecule has 0 saturated carbocycles. The van der Waals surface area contributed by atoms with E-state index in [0.717, 1.165) is 22.3 Å². The molecule has 4 rings (SSSR count). The maximum Gasteiger partial charge on any atom is 0.326 e. The first kappa shape index (κ1) is 26.4. The number of carboxylic acid groups (broad SMARTS) is 1. The Morgan fingerprint density at radius 2 is 1.61 bits per heavy atom. The molecule has 0 unspecified atom stereocenters. The highest BCUT2D eigenvalue weighted by Crippen LogP contribution is 2.24. The molecule has 38 heavy (non-hydrogen) atoms. The third kappa shape index (κ3) is 6.96. The topological polar surface area (TPSA) is 120 Å². The molecule has 0 bridgehead atoms. The molecule has 192 valence electrons. The highest BCUT2D eigenvalue weighted by molar-refractivity contribution is 6.33. The quantitative estimate of drug-likeness (QED) is 0.231. The summed E-state index contributed by atoms with van der Waals surface area (Å²) in [6, 6.07) is 23.3. The van der Waals surface area contributed by atoms with Crippen molar-refractivity contribution in [1.29, 1.82) is 0 Å². The predicted molar refractivity (Wildman–Crippen MR) is 148 cm³/mol. The first-order valence-electron chi connectivity index (χ1n) is 11.8. The number of aliphatic carboxylic acids is 1. The van der Waals surface area contributed by atoms with E-state index >= 15 is 0 Å². The zero-order valence-corrected chi connectivity index (χ0v) is 21.2. The van der Waals surface area contributed by atoms with E-state index in [1.807, 2.05) is 55.5 Å². The molecule has 0 spiro atoms. The molecule has 1 aromatic heterocycles. The van der Waals surface area contributed by atoms with Crippen molar-refractivity contribution >= 4 is 40.9 Å². The third-order valence-electron chi connectivity index (χ3n) is 5.73. The van der Waals surface area contributed by atoms with E-state index in [2.05, 4.69) is 20.9 Å². The molecule has 0 aliphatic carbocycles. The van der Waals surface area contributed by atoms with Gasteiger partial charge >= 0.3 is 12.0 Å². The van der Waals surface area contributed by atoms with Crippen LogP contribution in [0.25, 0.3) is 11.1 Å². The molecule has 0 aliphatic heterocycles. The number of benzene rings is 3.